The van der Waals surface area contributed by atoms with Crippen molar-refractivity contribution in [1.29, 1.82) is 0 Å². The minimum atomic E-state index is -4.56. The molecule has 1 amide bonds. The molecule has 2 fully saturated rings. The van der Waals surface area contributed by atoms with Crippen molar-refractivity contribution in [2.75, 3.05) is 33.4 Å². The van der Waals surface area contributed by atoms with E-state index in [0.717, 1.165) is 17.7 Å². The molecule has 4 rings (SSSR count). The van der Waals surface area contributed by atoms with Crippen molar-refractivity contribution in [2.45, 2.75) is 54.7 Å². The molecular formula is C29H35AsF3N2O5. The number of aliphatic hydroxyl groups is 1. The molecule has 1 saturated carbocycles. The third-order valence-corrected chi connectivity index (χ3v) is 11.4. The van der Waals surface area contributed by atoms with Crippen molar-refractivity contribution < 1.29 is 37.3 Å². The number of hydrogen-bond donors (Lipinski definition) is 3. The van der Waals surface area contributed by atoms with Gasteiger partial charge in [0.1, 0.15) is 0 Å². The van der Waals surface area contributed by atoms with Gasteiger partial charge in [0.2, 0.25) is 0 Å². The zero-order valence-corrected chi connectivity index (χ0v) is 24.5. The van der Waals surface area contributed by atoms with Crippen LogP contribution in [0.15, 0.2) is 48.5 Å². The Bertz CT molecular complexity index is 1200. The predicted molar refractivity (Wildman–Crippen MR) is 144 cm³/mol. The fraction of sp³-hybridized carbons (Fsp3) is 0.517. The number of methoxy groups -OCH3 is 1. The summed E-state index contributed by atoms with van der Waals surface area (Å²) in [5.41, 5.74) is -1.24. The molecule has 2 aromatic rings. The number of benzene rings is 2. The van der Waals surface area contributed by atoms with Crippen molar-refractivity contribution in [1.82, 2.24) is 10.6 Å². The summed E-state index contributed by atoms with van der Waals surface area (Å²) in [7, 11) is 1.59. The molecule has 11 heteroatoms. The second-order valence-corrected chi connectivity index (χ2v) is 13.6. The number of ether oxygens (including phenoxy) is 2. The van der Waals surface area contributed by atoms with Crippen molar-refractivity contribution in [3.05, 3.63) is 65.2 Å². The predicted octanol–water partition coefficient (Wildman–Crippen LogP) is 3.92. The van der Waals surface area contributed by atoms with E-state index in [4.69, 9.17) is 9.47 Å². The summed E-state index contributed by atoms with van der Waals surface area (Å²) >= 11 is -0.959. The Morgan fingerprint density at radius 1 is 1.15 bits per heavy atom. The Hall–Kier alpha value is -2.39. The van der Waals surface area contributed by atoms with Gasteiger partial charge in [-0.3, -0.25) is 0 Å². The summed E-state index contributed by atoms with van der Waals surface area (Å²) < 4.78 is 50.0. The second kappa shape index (κ2) is 12.6. The van der Waals surface area contributed by atoms with E-state index in [1.165, 1.54) is 12.1 Å². The van der Waals surface area contributed by atoms with Gasteiger partial charge in [-0.15, -0.1) is 0 Å². The van der Waals surface area contributed by atoms with Crippen LogP contribution in [0.25, 0.3) is 0 Å². The molecule has 1 aliphatic heterocycles. The Kier molecular flexibility index (Phi) is 9.66. The van der Waals surface area contributed by atoms with Crippen molar-refractivity contribution in [3.8, 4) is 5.75 Å². The van der Waals surface area contributed by atoms with Crippen LogP contribution in [0.3, 0.4) is 0 Å². The van der Waals surface area contributed by atoms with Crippen molar-refractivity contribution in [3.63, 3.8) is 0 Å². The van der Waals surface area contributed by atoms with Gasteiger partial charge in [0.25, 0.3) is 0 Å². The van der Waals surface area contributed by atoms with E-state index in [1.54, 1.807) is 7.11 Å². The van der Waals surface area contributed by atoms with E-state index >= 15 is 0 Å². The summed E-state index contributed by atoms with van der Waals surface area (Å²) in [4.78, 5) is 25.9. The Morgan fingerprint density at radius 2 is 1.88 bits per heavy atom. The van der Waals surface area contributed by atoms with E-state index in [0.29, 0.717) is 51.1 Å². The quantitative estimate of drug-likeness (QED) is 0.348. The number of carbonyl (C=O) groups excluding carboxylic acids is 2. The molecule has 1 aliphatic carbocycles. The number of nitrogens with one attached hydrogen (secondary N) is 2. The van der Waals surface area contributed by atoms with Crippen LogP contribution >= 0.6 is 0 Å². The fourth-order valence-electron chi connectivity index (χ4n) is 5.87. The van der Waals surface area contributed by atoms with Crippen LogP contribution in [0.4, 0.5) is 13.2 Å². The first-order chi connectivity index (χ1) is 19.0. The van der Waals surface area contributed by atoms with E-state index in [2.05, 4.69) is 10.6 Å². The van der Waals surface area contributed by atoms with Crippen LogP contribution in [0, 0.1) is 5.92 Å². The van der Waals surface area contributed by atoms with Gasteiger partial charge in [-0.05, 0) is 0 Å². The number of hydrogen-bond acceptors (Lipinski definition) is 6. The number of alkyl halides is 3. The second-order valence-electron chi connectivity index (χ2n) is 10.4. The van der Waals surface area contributed by atoms with Gasteiger partial charge in [-0.25, -0.2) is 0 Å². The molecule has 0 bridgehead atoms. The first kappa shape index (κ1) is 30.6. The molecule has 0 unspecified atom stereocenters. The molecular weight excluding hydrogens is 588 g/mol. The normalized spacial score (nSPS) is 27.1. The van der Waals surface area contributed by atoms with Gasteiger partial charge in [-0.2, -0.15) is 0 Å². The standard InChI is InChI=1S/C29H35AsF3N2O5/c1-3-40-24-16-34-18-28(24,20-10-12-27(38,13-11-20)21-7-5-9-23(15-21)39-2)30-25(36)17-35-26(37)19-6-4-8-22(14-19)29(31,32)33/h4-9,14-15,20,24,34,38H,3,10-13,16-18H2,1-2H3,(H,35,37)/t20?,24-,27?,28+/m0/s1. The van der Waals surface area contributed by atoms with Crippen LogP contribution in [0.5, 0.6) is 5.75 Å². The number of rotatable bonds is 10. The van der Waals surface area contributed by atoms with E-state index in [9.17, 15) is 27.9 Å². The first-order valence-corrected chi connectivity index (χ1v) is 15.3. The molecule has 1 heterocycles. The Labute approximate surface area is 238 Å². The van der Waals surface area contributed by atoms with Gasteiger partial charge in [0.15, 0.2) is 0 Å². The maximum atomic E-state index is 13.3. The van der Waals surface area contributed by atoms with Crippen LogP contribution in [-0.4, -0.2) is 70.8 Å². The SMILES string of the molecule is CCO[C@H]1CNC[C@@]1([As]C(=O)CNC(=O)c1cccc(C(F)(F)F)c1)C1CCC(O)(c2cccc(OC)c2)CC1. The van der Waals surface area contributed by atoms with Gasteiger partial charge in [-0.1, -0.05) is 0 Å². The maximum absolute atomic E-state index is 13.3. The summed E-state index contributed by atoms with van der Waals surface area (Å²) in [5.74, 6) is 0.0957. The average molecular weight is 624 g/mol. The third kappa shape index (κ3) is 6.73. The number of amides is 1. The summed E-state index contributed by atoms with van der Waals surface area (Å²) in [6.45, 7) is 3.38. The zero-order valence-electron chi connectivity index (χ0n) is 22.6. The Balaban J connectivity index is 1.45. The molecule has 0 aromatic heterocycles. The fourth-order valence-corrected chi connectivity index (χ4v) is 9.15. The monoisotopic (exact) mass is 623 g/mol. The van der Waals surface area contributed by atoms with Gasteiger partial charge in [0, 0.05) is 0 Å². The summed E-state index contributed by atoms with van der Waals surface area (Å²) in [5, 5.41) is 17.4. The first-order valence-electron chi connectivity index (χ1n) is 13.4. The van der Waals surface area contributed by atoms with Gasteiger partial charge < -0.3 is 0 Å². The molecule has 217 valence electrons. The van der Waals surface area contributed by atoms with E-state index in [-0.39, 0.29) is 28.7 Å². The molecule has 2 aliphatic rings. The van der Waals surface area contributed by atoms with Crippen LogP contribution in [0.2, 0.25) is 4.20 Å². The van der Waals surface area contributed by atoms with E-state index in [1.807, 2.05) is 31.2 Å². The molecule has 40 heavy (non-hydrogen) atoms. The van der Waals surface area contributed by atoms with Crippen LogP contribution in [-0.2, 0) is 21.3 Å². The number of halogens is 3. The minimum absolute atomic E-state index is 0.126. The molecule has 3 N–H and O–H groups in total. The molecule has 1 saturated heterocycles. The average Bonchev–Trinajstić information content (AvgIpc) is 3.34. The molecule has 2 aromatic carbocycles. The summed E-state index contributed by atoms with van der Waals surface area (Å²) in [6, 6.07) is 11.6. The molecule has 0 spiro atoms. The van der Waals surface area contributed by atoms with Crippen molar-refractivity contribution >= 4 is 26.2 Å². The Morgan fingerprint density at radius 3 is 2.55 bits per heavy atom. The third-order valence-electron chi connectivity index (χ3n) is 7.98. The summed E-state index contributed by atoms with van der Waals surface area (Å²) in [6.07, 6.45) is -2.25. The van der Waals surface area contributed by atoms with Crippen LogP contribution in [0.1, 0.15) is 54.1 Å². The van der Waals surface area contributed by atoms with Gasteiger partial charge in [0.05, 0.1) is 0 Å². The van der Waals surface area contributed by atoms with Crippen LogP contribution < -0.4 is 15.4 Å². The molecule has 7 nitrogen and oxygen atoms in total. The zero-order chi connectivity index (χ0) is 29.0. The van der Waals surface area contributed by atoms with E-state index < -0.39 is 43.2 Å². The topological polar surface area (TPSA) is 96.9 Å². The number of carbonyl (C=O) groups is 2. The molecule has 2 atom stereocenters. The molecule has 1 radical (unpaired) electrons. The van der Waals surface area contributed by atoms with Gasteiger partial charge >= 0.3 is 239 Å². The van der Waals surface area contributed by atoms with Crippen molar-refractivity contribution in [2.24, 2.45) is 5.92 Å².